The van der Waals surface area contributed by atoms with Crippen LogP contribution in [0.25, 0.3) is 0 Å². The molecule has 0 heterocycles. The lowest BCUT2D eigenvalue weighted by Gasteiger charge is -2.31. The second kappa shape index (κ2) is 5.90. The minimum absolute atomic E-state index is 0.0920. The number of benzene rings is 1. The van der Waals surface area contributed by atoms with Gasteiger partial charge in [-0.2, -0.15) is 0 Å². The molecule has 0 saturated heterocycles. The number of nitrogens with two attached hydrogens (primary N) is 1. The summed E-state index contributed by atoms with van der Waals surface area (Å²) >= 11 is 0. The quantitative estimate of drug-likeness (QED) is 0.824. The third-order valence-electron chi connectivity index (χ3n) is 2.82. The fraction of sp³-hybridized carbons (Fsp3) is 0.571. The second-order valence-electron chi connectivity index (χ2n) is 4.63. The van der Waals surface area contributed by atoms with Gasteiger partial charge in [0.2, 0.25) is 0 Å². The van der Waals surface area contributed by atoms with Crippen molar-refractivity contribution in [2.75, 3.05) is 11.4 Å². The average molecular weight is 220 g/mol. The third kappa shape index (κ3) is 2.99. The van der Waals surface area contributed by atoms with Crippen molar-refractivity contribution in [3.8, 4) is 0 Å². The van der Waals surface area contributed by atoms with Gasteiger partial charge < -0.3 is 10.6 Å². The number of hydrogen-bond donors (Lipinski definition) is 1. The summed E-state index contributed by atoms with van der Waals surface area (Å²) in [6.07, 6.45) is 1.16. The Morgan fingerprint density at radius 2 is 1.81 bits per heavy atom. The monoisotopic (exact) mass is 220 g/mol. The highest BCUT2D eigenvalue weighted by Crippen LogP contribution is 2.26. The molecule has 0 unspecified atom stereocenters. The number of rotatable bonds is 5. The van der Waals surface area contributed by atoms with Crippen LogP contribution in [0, 0.1) is 0 Å². The lowest BCUT2D eigenvalue weighted by Crippen LogP contribution is -2.32. The Balaban J connectivity index is 3.07. The molecule has 2 heteroatoms. The molecule has 0 aliphatic rings. The SMILES string of the molecule is CCCN(c1ccccc1[C@H](C)N)C(C)C. The third-order valence-corrected chi connectivity index (χ3v) is 2.82. The number of anilines is 1. The average Bonchev–Trinajstić information content (AvgIpc) is 2.25. The maximum Gasteiger partial charge on any atom is 0.0416 e. The van der Waals surface area contributed by atoms with Crippen molar-refractivity contribution in [1.82, 2.24) is 0 Å². The van der Waals surface area contributed by atoms with E-state index >= 15 is 0 Å². The minimum atomic E-state index is 0.0920. The molecule has 16 heavy (non-hydrogen) atoms. The highest BCUT2D eigenvalue weighted by Gasteiger charge is 2.14. The topological polar surface area (TPSA) is 29.3 Å². The van der Waals surface area contributed by atoms with E-state index in [1.807, 2.05) is 6.92 Å². The Labute approximate surface area is 99.5 Å². The summed E-state index contributed by atoms with van der Waals surface area (Å²) in [6, 6.07) is 9.06. The van der Waals surface area contributed by atoms with E-state index in [1.165, 1.54) is 11.3 Å². The molecule has 90 valence electrons. The zero-order valence-electron chi connectivity index (χ0n) is 10.9. The van der Waals surface area contributed by atoms with Gasteiger partial charge in [0.15, 0.2) is 0 Å². The summed E-state index contributed by atoms with van der Waals surface area (Å²) in [5.74, 6) is 0. The lowest BCUT2D eigenvalue weighted by molar-refractivity contribution is 0.662. The molecule has 1 atom stereocenters. The van der Waals surface area contributed by atoms with Gasteiger partial charge in [-0.1, -0.05) is 25.1 Å². The fourth-order valence-corrected chi connectivity index (χ4v) is 2.03. The molecule has 2 nitrogen and oxygen atoms in total. The van der Waals surface area contributed by atoms with Crippen LogP contribution in [0.3, 0.4) is 0 Å². The van der Waals surface area contributed by atoms with Crippen molar-refractivity contribution < 1.29 is 0 Å². The van der Waals surface area contributed by atoms with Gasteiger partial charge in [-0.05, 0) is 38.8 Å². The Morgan fingerprint density at radius 3 is 2.31 bits per heavy atom. The van der Waals surface area contributed by atoms with Gasteiger partial charge in [-0.25, -0.2) is 0 Å². The van der Waals surface area contributed by atoms with Crippen LogP contribution in [0.4, 0.5) is 5.69 Å². The fourth-order valence-electron chi connectivity index (χ4n) is 2.03. The maximum absolute atomic E-state index is 6.02. The maximum atomic E-state index is 6.02. The van der Waals surface area contributed by atoms with Crippen LogP contribution >= 0.6 is 0 Å². The van der Waals surface area contributed by atoms with Crippen LogP contribution in [0.2, 0.25) is 0 Å². The van der Waals surface area contributed by atoms with Crippen LogP contribution in [-0.4, -0.2) is 12.6 Å². The first kappa shape index (κ1) is 13.0. The molecule has 0 aliphatic carbocycles. The summed E-state index contributed by atoms with van der Waals surface area (Å²) in [5, 5.41) is 0. The van der Waals surface area contributed by atoms with Gasteiger partial charge in [0.25, 0.3) is 0 Å². The van der Waals surface area contributed by atoms with Crippen LogP contribution in [-0.2, 0) is 0 Å². The van der Waals surface area contributed by atoms with E-state index in [9.17, 15) is 0 Å². The van der Waals surface area contributed by atoms with Crippen molar-refractivity contribution in [2.45, 2.75) is 46.2 Å². The predicted octanol–water partition coefficient (Wildman–Crippen LogP) is 3.33. The normalized spacial score (nSPS) is 12.9. The first-order valence-electron chi connectivity index (χ1n) is 6.19. The summed E-state index contributed by atoms with van der Waals surface area (Å²) in [4.78, 5) is 2.43. The molecule has 0 fully saturated rings. The molecule has 0 aromatic heterocycles. The molecule has 0 radical (unpaired) electrons. The summed E-state index contributed by atoms with van der Waals surface area (Å²) in [5.41, 5.74) is 8.55. The largest absolute Gasteiger partial charge is 0.369 e. The van der Waals surface area contributed by atoms with E-state index < -0.39 is 0 Å². The molecule has 0 aliphatic heterocycles. The number of hydrogen-bond acceptors (Lipinski definition) is 2. The van der Waals surface area contributed by atoms with E-state index in [-0.39, 0.29) is 6.04 Å². The van der Waals surface area contributed by atoms with Crippen molar-refractivity contribution in [1.29, 1.82) is 0 Å². The van der Waals surface area contributed by atoms with E-state index in [2.05, 4.69) is 49.9 Å². The summed E-state index contributed by atoms with van der Waals surface area (Å²) in [7, 11) is 0. The van der Waals surface area contributed by atoms with Gasteiger partial charge in [0, 0.05) is 24.3 Å². The van der Waals surface area contributed by atoms with Crippen LogP contribution < -0.4 is 10.6 Å². The minimum Gasteiger partial charge on any atom is -0.369 e. The standard InChI is InChI=1S/C14H24N2/c1-5-10-16(11(2)3)14-9-7-6-8-13(14)12(4)15/h6-9,11-12H,5,10,15H2,1-4H3/t12-/m0/s1. The Bertz CT molecular complexity index is 318. The van der Waals surface area contributed by atoms with Gasteiger partial charge in [-0.15, -0.1) is 0 Å². The molecular weight excluding hydrogens is 196 g/mol. The van der Waals surface area contributed by atoms with Crippen LogP contribution in [0.5, 0.6) is 0 Å². The van der Waals surface area contributed by atoms with E-state index in [0.29, 0.717) is 6.04 Å². The van der Waals surface area contributed by atoms with Crippen molar-refractivity contribution >= 4 is 5.69 Å². The predicted molar refractivity (Wildman–Crippen MR) is 71.8 cm³/mol. The molecule has 1 aromatic rings. The lowest BCUT2D eigenvalue weighted by atomic mass is 10.0. The first-order chi connectivity index (χ1) is 7.57. The molecule has 0 spiro atoms. The van der Waals surface area contributed by atoms with Crippen LogP contribution in [0.15, 0.2) is 24.3 Å². The van der Waals surface area contributed by atoms with Gasteiger partial charge >= 0.3 is 0 Å². The summed E-state index contributed by atoms with van der Waals surface area (Å²) in [6.45, 7) is 9.80. The molecule has 1 rings (SSSR count). The molecule has 1 aromatic carbocycles. The van der Waals surface area contributed by atoms with Crippen LogP contribution in [0.1, 0.15) is 45.7 Å². The molecular formula is C14H24N2. The Hall–Kier alpha value is -1.02. The highest BCUT2D eigenvalue weighted by molar-refractivity contribution is 5.55. The molecule has 2 N–H and O–H groups in total. The molecule has 0 bridgehead atoms. The van der Waals surface area contributed by atoms with Crippen molar-refractivity contribution in [3.63, 3.8) is 0 Å². The zero-order chi connectivity index (χ0) is 12.1. The van der Waals surface area contributed by atoms with Crippen molar-refractivity contribution in [2.24, 2.45) is 5.73 Å². The highest BCUT2D eigenvalue weighted by atomic mass is 15.2. The van der Waals surface area contributed by atoms with Crippen molar-refractivity contribution in [3.05, 3.63) is 29.8 Å². The first-order valence-corrected chi connectivity index (χ1v) is 6.19. The summed E-state index contributed by atoms with van der Waals surface area (Å²) < 4.78 is 0. The van der Waals surface area contributed by atoms with Gasteiger partial charge in [0.1, 0.15) is 0 Å². The Morgan fingerprint density at radius 1 is 1.19 bits per heavy atom. The zero-order valence-corrected chi connectivity index (χ0v) is 10.9. The molecule has 0 amide bonds. The Kier molecular flexibility index (Phi) is 4.81. The van der Waals surface area contributed by atoms with E-state index in [1.54, 1.807) is 0 Å². The van der Waals surface area contributed by atoms with E-state index in [0.717, 1.165) is 13.0 Å². The second-order valence-corrected chi connectivity index (χ2v) is 4.63. The van der Waals surface area contributed by atoms with E-state index in [4.69, 9.17) is 5.73 Å². The molecule has 0 saturated carbocycles. The number of para-hydroxylation sites is 1. The van der Waals surface area contributed by atoms with Gasteiger partial charge in [0.05, 0.1) is 0 Å². The smallest absolute Gasteiger partial charge is 0.0416 e. The number of nitrogens with zero attached hydrogens (tertiary/aromatic N) is 1. The van der Waals surface area contributed by atoms with Gasteiger partial charge in [-0.3, -0.25) is 0 Å².